The van der Waals surface area contributed by atoms with Gasteiger partial charge in [-0.1, -0.05) is 22.4 Å². The summed E-state index contributed by atoms with van der Waals surface area (Å²) < 4.78 is 15.2. The van der Waals surface area contributed by atoms with Crippen LogP contribution in [0, 0.1) is 5.82 Å². The molecule has 2 unspecified atom stereocenters. The molecule has 25 heavy (non-hydrogen) atoms. The van der Waals surface area contributed by atoms with E-state index in [1.54, 1.807) is 29.6 Å². The van der Waals surface area contributed by atoms with Crippen molar-refractivity contribution in [1.82, 2.24) is 4.90 Å². The predicted molar refractivity (Wildman–Crippen MR) is 109 cm³/mol. The maximum absolute atomic E-state index is 14.9. The first-order valence-electron chi connectivity index (χ1n) is 9.24. The number of halogens is 2. The van der Waals surface area contributed by atoms with Crippen molar-refractivity contribution in [3.8, 4) is 0 Å². The van der Waals surface area contributed by atoms with Gasteiger partial charge in [-0.2, -0.15) is 0 Å². The van der Waals surface area contributed by atoms with Crippen LogP contribution in [-0.2, 0) is 4.08 Å². The Morgan fingerprint density at radius 3 is 2.76 bits per heavy atom. The number of piperidine rings is 2. The van der Waals surface area contributed by atoms with Crippen LogP contribution in [-0.4, -0.2) is 46.2 Å². The van der Waals surface area contributed by atoms with Gasteiger partial charge in [0.2, 0.25) is 0 Å². The highest BCUT2D eigenvalue weighted by Gasteiger charge is 2.57. The fourth-order valence-electron chi connectivity index (χ4n) is 4.66. The molecule has 0 amide bonds. The summed E-state index contributed by atoms with van der Waals surface area (Å²) in [4.78, 5) is 2.54. The summed E-state index contributed by atoms with van der Waals surface area (Å²) in [7, 11) is 0. The monoisotopic (exact) mass is 445 g/mol. The van der Waals surface area contributed by atoms with Crippen molar-refractivity contribution in [2.24, 2.45) is 0 Å². The number of hydrogen-bond acceptors (Lipinski definition) is 4. The summed E-state index contributed by atoms with van der Waals surface area (Å²) in [6.45, 7) is 2.08. The molecule has 2 atom stereocenters. The molecule has 6 heteroatoms. The molecule has 1 aromatic carbocycles. The molecule has 3 saturated heterocycles. The highest BCUT2D eigenvalue weighted by atomic mass is 79.9. The molecule has 1 aromatic rings. The lowest BCUT2D eigenvalue weighted by molar-refractivity contribution is -0.0653. The zero-order chi connectivity index (χ0) is 17.5. The third-order valence-corrected chi connectivity index (χ3v) is 10.1. The molecule has 0 spiro atoms. The molecular formula is C19H25BrFNOS2. The van der Waals surface area contributed by atoms with Crippen molar-refractivity contribution < 1.29 is 9.50 Å². The number of benzene rings is 1. The van der Waals surface area contributed by atoms with Crippen LogP contribution >= 0.6 is 39.5 Å². The number of aliphatic hydroxyl groups is 1. The number of nitrogens with zero attached hydrogens (tertiary/aromatic N) is 1. The van der Waals surface area contributed by atoms with Gasteiger partial charge in [0.05, 0.1) is 5.60 Å². The lowest BCUT2D eigenvalue weighted by atomic mass is 9.78. The van der Waals surface area contributed by atoms with E-state index in [4.69, 9.17) is 0 Å². The summed E-state index contributed by atoms with van der Waals surface area (Å²) in [5.41, 5.74) is -0.188. The Balaban J connectivity index is 1.74. The fourth-order valence-corrected chi connectivity index (χ4v) is 8.72. The first kappa shape index (κ1) is 18.6. The predicted octanol–water partition coefficient (Wildman–Crippen LogP) is 4.99. The third-order valence-electron chi connectivity index (χ3n) is 5.93. The van der Waals surface area contributed by atoms with E-state index >= 15 is 0 Å². The second-order valence-electron chi connectivity index (χ2n) is 7.46. The molecule has 4 rings (SSSR count). The van der Waals surface area contributed by atoms with E-state index in [1.165, 1.54) is 18.9 Å². The molecular weight excluding hydrogens is 421 g/mol. The van der Waals surface area contributed by atoms with Crippen LogP contribution in [0.2, 0.25) is 0 Å². The lowest BCUT2D eigenvalue weighted by Gasteiger charge is -2.55. The Morgan fingerprint density at radius 2 is 1.96 bits per heavy atom. The van der Waals surface area contributed by atoms with E-state index < -0.39 is 9.68 Å². The molecule has 1 N–H and O–H groups in total. The van der Waals surface area contributed by atoms with Crippen LogP contribution in [0.4, 0.5) is 4.39 Å². The van der Waals surface area contributed by atoms with Gasteiger partial charge in [0.1, 0.15) is 9.90 Å². The second-order valence-corrected chi connectivity index (χ2v) is 11.3. The normalized spacial score (nSPS) is 33.0. The molecule has 0 radical (unpaired) electrons. The molecule has 138 valence electrons. The van der Waals surface area contributed by atoms with Crippen LogP contribution in [0.15, 0.2) is 22.7 Å². The largest absolute Gasteiger partial charge is 0.387 e. The number of fused-ring (bicyclic) bond motifs is 1. The van der Waals surface area contributed by atoms with Crippen molar-refractivity contribution in [2.45, 2.75) is 54.2 Å². The molecule has 0 saturated carbocycles. The van der Waals surface area contributed by atoms with E-state index in [9.17, 15) is 9.50 Å². The maximum Gasteiger partial charge on any atom is 0.128 e. The molecule has 3 fully saturated rings. The van der Waals surface area contributed by atoms with Gasteiger partial charge in [-0.3, -0.25) is 0 Å². The first-order valence-corrected chi connectivity index (χ1v) is 12.0. The zero-order valence-electron chi connectivity index (χ0n) is 14.3. The Morgan fingerprint density at radius 1 is 1.16 bits per heavy atom. The number of rotatable bonds is 2. The zero-order valence-corrected chi connectivity index (χ0v) is 17.6. The molecule has 3 heterocycles. The van der Waals surface area contributed by atoms with Gasteiger partial charge < -0.3 is 10.0 Å². The SMILES string of the molecule is OC1(C2(c3cc(Br)ccc3F)SCCCS2)CCN2CCCCC2C1. The van der Waals surface area contributed by atoms with E-state index in [1.807, 2.05) is 6.07 Å². The van der Waals surface area contributed by atoms with Gasteiger partial charge in [-0.15, -0.1) is 23.5 Å². The summed E-state index contributed by atoms with van der Waals surface area (Å²) in [6.07, 6.45) is 6.29. The van der Waals surface area contributed by atoms with Crippen molar-refractivity contribution >= 4 is 39.5 Å². The van der Waals surface area contributed by atoms with Crippen molar-refractivity contribution in [3.05, 3.63) is 34.1 Å². The van der Waals surface area contributed by atoms with E-state index in [2.05, 4.69) is 20.8 Å². The summed E-state index contributed by atoms with van der Waals surface area (Å²) >= 11 is 7.04. The summed E-state index contributed by atoms with van der Waals surface area (Å²) in [6, 6.07) is 5.63. The topological polar surface area (TPSA) is 23.5 Å². The lowest BCUT2D eigenvalue weighted by Crippen LogP contribution is -2.59. The van der Waals surface area contributed by atoms with Crippen LogP contribution in [0.1, 0.15) is 44.1 Å². The van der Waals surface area contributed by atoms with E-state index in [0.29, 0.717) is 11.6 Å². The van der Waals surface area contributed by atoms with Gasteiger partial charge in [0.15, 0.2) is 0 Å². The summed E-state index contributed by atoms with van der Waals surface area (Å²) in [5.74, 6) is 1.77. The fraction of sp³-hybridized carbons (Fsp3) is 0.684. The van der Waals surface area contributed by atoms with Crippen LogP contribution < -0.4 is 0 Å². The summed E-state index contributed by atoms with van der Waals surface area (Å²) in [5, 5.41) is 11.9. The minimum atomic E-state index is -0.858. The third kappa shape index (κ3) is 3.31. The number of hydrogen-bond donors (Lipinski definition) is 1. The quantitative estimate of drug-likeness (QED) is 0.692. The van der Waals surface area contributed by atoms with Crippen LogP contribution in [0.3, 0.4) is 0 Å². The van der Waals surface area contributed by atoms with Gasteiger partial charge in [0.25, 0.3) is 0 Å². The minimum absolute atomic E-state index is 0.190. The molecule has 0 aliphatic carbocycles. The molecule has 0 bridgehead atoms. The molecule has 3 aliphatic heterocycles. The smallest absolute Gasteiger partial charge is 0.128 e. The van der Waals surface area contributed by atoms with E-state index in [0.717, 1.165) is 54.8 Å². The first-order chi connectivity index (χ1) is 12.0. The Kier molecular flexibility index (Phi) is 5.47. The Labute approximate surface area is 166 Å². The van der Waals surface area contributed by atoms with Gasteiger partial charge in [-0.25, -0.2) is 4.39 Å². The van der Waals surface area contributed by atoms with Crippen molar-refractivity contribution in [1.29, 1.82) is 0 Å². The standard InChI is InChI=1S/C19H25BrFNOS2/c20-14-5-6-17(21)16(12-14)19(24-10-3-11-25-19)18(23)7-9-22-8-2-1-4-15(22)13-18/h5-6,12,15,23H,1-4,7-11,13H2. The van der Waals surface area contributed by atoms with Gasteiger partial charge in [-0.05, 0) is 68.4 Å². The van der Waals surface area contributed by atoms with Gasteiger partial charge in [0, 0.05) is 22.6 Å². The van der Waals surface area contributed by atoms with Gasteiger partial charge >= 0.3 is 0 Å². The van der Waals surface area contributed by atoms with Crippen molar-refractivity contribution in [3.63, 3.8) is 0 Å². The molecule has 2 nitrogen and oxygen atoms in total. The number of thioether (sulfide) groups is 2. The highest BCUT2D eigenvalue weighted by molar-refractivity contribution is 9.10. The minimum Gasteiger partial charge on any atom is -0.387 e. The van der Waals surface area contributed by atoms with Crippen molar-refractivity contribution in [2.75, 3.05) is 24.6 Å². The van der Waals surface area contributed by atoms with Crippen LogP contribution in [0.5, 0.6) is 0 Å². The average Bonchev–Trinajstić information content (AvgIpc) is 2.64. The molecule has 0 aromatic heterocycles. The Hall–Kier alpha value is 0.250. The van der Waals surface area contributed by atoms with Crippen LogP contribution in [0.25, 0.3) is 0 Å². The Bertz CT molecular complexity index is 640. The molecule has 3 aliphatic rings. The highest BCUT2D eigenvalue weighted by Crippen LogP contribution is 2.61. The maximum atomic E-state index is 14.9. The second kappa shape index (κ2) is 7.34. The van der Waals surface area contributed by atoms with E-state index in [-0.39, 0.29) is 5.82 Å². The average molecular weight is 446 g/mol.